The van der Waals surface area contributed by atoms with Crippen LogP contribution in [0, 0.1) is 11.8 Å². The average Bonchev–Trinajstić information content (AvgIpc) is 3.01. The van der Waals surface area contributed by atoms with Crippen molar-refractivity contribution in [2.24, 2.45) is 11.8 Å². The molecule has 2 saturated heterocycles. The molecule has 21 heavy (non-hydrogen) atoms. The molecule has 108 valence electrons. The molecule has 2 fully saturated rings. The van der Waals surface area contributed by atoms with E-state index in [4.69, 9.17) is 16.3 Å². The van der Waals surface area contributed by atoms with E-state index in [-0.39, 0.29) is 17.9 Å². The summed E-state index contributed by atoms with van der Waals surface area (Å²) >= 11 is 9.52. The van der Waals surface area contributed by atoms with Gasteiger partial charge in [-0.2, -0.15) is 0 Å². The van der Waals surface area contributed by atoms with Crippen LogP contribution in [-0.2, 0) is 14.3 Å². The van der Waals surface area contributed by atoms with Crippen LogP contribution in [0.1, 0.15) is 6.92 Å². The summed E-state index contributed by atoms with van der Waals surface area (Å²) in [5.41, 5.74) is -0.245. The van der Waals surface area contributed by atoms with E-state index in [9.17, 15) is 9.59 Å². The molecule has 6 heteroatoms. The largest absolute Gasteiger partial charge is 0.362 e. The zero-order valence-corrected chi connectivity index (χ0v) is 13.4. The van der Waals surface area contributed by atoms with E-state index in [2.05, 4.69) is 15.9 Å². The van der Waals surface area contributed by atoms with Gasteiger partial charge in [0.25, 0.3) is 0 Å². The molecule has 0 N–H and O–H groups in total. The van der Waals surface area contributed by atoms with Gasteiger partial charge >= 0.3 is 0 Å². The zero-order valence-electron chi connectivity index (χ0n) is 11.0. The maximum Gasteiger partial charge on any atom is 0.241 e. The van der Waals surface area contributed by atoms with Gasteiger partial charge in [0.1, 0.15) is 0 Å². The van der Waals surface area contributed by atoms with Crippen molar-refractivity contribution in [3.05, 3.63) is 39.8 Å². The van der Waals surface area contributed by atoms with E-state index in [0.29, 0.717) is 10.7 Å². The predicted octanol–water partition coefficient (Wildman–Crippen LogP) is 2.94. The Labute approximate surface area is 134 Å². The Morgan fingerprint density at radius 2 is 2.10 bits per heavy atom. The number of imide groups is 1. The Morgan fingerprint density at radius 3 is 2.76 bits per heavy atom. The molecule has 4 nitrogen and oxygen atoms in total. The number of carbonyl (C=O) groups is 2. The number of halogens is 2. The van der Waals surface area contributed by atoms with Crippen LogP contribution in [0.25, 0.3) is 0 Å². The number of rotatable bonds is 1. The van der Waals surface area contributed by atoms with Gasteiger partial charge in [0.2, 0.25) is 11.8 Å². The fourth-order valence-electron chi connectivity index (χ4n) is 3.55. The van der Waals surface area contributed by atoms with E-state index in [1.54, 1.807) is 18.2 Å². The minimum Gasteiger partial charge on any atom is -0.362 e. The maximum atomic E-state index is 12.8. The quantitative estimate of drug-likeness (QED) is 0.565. The van der Waals surface area contributed by atoms with Crippen molar-refractivity contribution in [2.45, 2.75) is 18.6 Å². The Morgan fingerprint density at radius 1 is 1.33 bits per heavy atom. The van der Waals surface area contributed by atoms with Crippen LogP contribution in [0.4, 0.5) is 5.69 Å². The zero-order chi connectivity index (χ0) is 14.9. The second-order valence-electron chi connectivity index (χ2n) is 5.74. The first-order chi connectivity index (χ1) is 9.92. The van der Waals surface area contributed by atoms with Crippen LogP contribution in [-0.4, -0.2) is 23.5 Å². The summed E-state index contributed by atoms with van der Waals surface area (Å²) in [5.74, 6) is -1.36. The summed E-state index contributed by atoms with van der Waals surface area (Å²) in [6, 6.07) is 5.12. The number of nitrogens with zero attached hydrogens (tertiary/aromatic N) is 1. The van der Waals surface area contributed by atoms with Gasteiger partial charge in [-0.3, -0.25) is 9.59 Å². The van der Waals surface area contributed by atoms with Crippen molar-refractivity contribution < 1.29 is 14.3 Å². The number of amides is 2. The lowest BCUT2D eigenvalue weighted by molar-refractivity contribution is -0.126. The first-order valence-electron chi connectivity index (χ1n) is 6.62. The number of carbonyl (C=O) groups excluding carboxylic acids is 2. The van der Waals surface area contributed by atoms with Crippen molar-refractivity contribution in [3.8, 4) is 0 Å². The minimum atomic E-state index is -0.682. The molecule has 4 atom stereocenters. The van der Waals surface area contributed by atoms with Crippen LogP contribution in [0.15, 0.2) is 34.8 Å². The monoisotopic (exact) mass is 367 g/mol. The molecule has 0 radical (unpaired) electrons. The van der Waals surface area contributed by atoms with E-state index >= 15 is 0 Å². The van der Waals surface area contributed by atoms with Crippen LogP contribution in [0.2, 0.25) is 5.02 Å². The third-order valence-electron chi connectivity index (χ3n) is 4.48. The van der Waals surface area contributed by atoms with Gasteiger partial charge in [-0.05, 0) is 25.1 Å². The second kappa shape index (κ2) is 4.18. The number of ether oxygens (including phenoxy) is 1. The van der Waals surface area contributed by atoms with Gasteiger partial charge in [-0.1, -0.05) is 39.7 Å². The molecule has 2 amide bonds. The van der Waals surface area contributed by atoms with Gasteiger partial charge in [-0.15, -0.1) is 0 Å². The van der Waals surface area contributed by atoms with Gasteiger partial charge < -0.3 is 4.74 Å². The van der Waals surface area contributed by atoms with Crippen molar-refractivity contribution in [2.75, 3.05) is 4.90 Å². The molecule has 3 heterocycles. The molecular weight excluding hydrogens is 358 g/mol. The van der Waals surface area contributed by atoms with Crippen molar-refractivity contribution >= 4 is 45.0 Å². The van der Waals surface area contributed by atoms with Crippen molar-refractivity contribution in [1.82, 2.24) is 0 Å². The highest BCUT2D eigenvalue weighted by atomic mass is 79.9. The van der Waals surface area contributed by atoms with Gasteiger partial charge in [0.05, 0.1) is 34.3 Å². The molecule has 3 aliphatic heterocycles. The Bertz CT molecular complexity index is 719. The SMILES string of the molecule is C[C@@]12C=C[C@@H](O1)[C@@H]1C(=O)N(c3ccc(Br)cc3Cl)C(=O)[C@H]12. The van der Waals surface area contributed by atoms with Crippen LogP contribution in [0.5, 0.6) is 0 Å². The summed E-state index contributed by atoms with van der Waals surface area (Å²) in [4.78, 5) is 26.7. The maximum absolute atomic E-state index is 12.8. The van der Waals surface area contributed by atoms with Gasteiger partial charge in [-0.25, -0.2) is 4.90 Å². The van der Waals surface area contributed by atoms with Crippen molar-refractivity contribution in [1.29, 1.82) is 0 Å². The summed E-state index contributed by atoms with van der Waals surface area (Å²) in [6.45, 7) is 1.85. The van der Waals surface area contributed by atoms with Crippen LogP contribution < -0.4 is 4.90 Å². The number of fused-ring (bicyclic) bond motifs is 5. The smallest absolute Gasteiger partial charge is 0.241 e. The molecule has 0 saturated carbocycles. The third-order valence-corrected chi connectivity index (χ3v) is 5.28. The van der Waals surface area contributed by atoms with E-state index in [1.807, 2.05) is 19.1 Å². The molecule has 0 aromatic heterocycles. The molecule has 1 aromatic rings. The Balaban J connectivity index is 1.80. The summed E-state index contributed by atoms with van der Waals surface area (Å²) in [5, 5.41) is 0.373. The van der Waals surface area contributed by atoms with E-state index in [1.165, 1.54) is 4.90 Å². The number of hydrogen-bond acceptors (Lipinski definition) is 3. The first kappa shape index (κ1) is 13.5. The summed E-state index contributed by atoms with van der Waals surface area (Å²) in [7, 11) is 0. The Hall–Kier alpha value is -1.17. The second-order valence-corrected chi connectivity index (χ2v) is 7.06. The molecule has 2 bridgehead atoms. The number of anilines is 1. The Kier molecular flexibility index (Phi) is 2.69. The molecule has 0 unspecified atom stereocenters. The van der Waals surface area contributed by atoms with Crippen LogP contribution in [0.3, 0.4) is 0 Å². The third kappa shape index (κ3) is 1.65. The highest BCUT2D eigenvalue weighted by Crippen LogP contribution is 2.52. The number of hydrogen-bond donors (Lipinski definition) is 0. The topological polar surface area (TPSA) is 46.6 Å². The molecule has 1 aromatic carbocycles. The van der Waals surface area contributed by atoms with Crippen LogP contribution >= 0.6 is 27.5 Å². The summed E-state index contributed by atoms with van der Waals surface area (Å²) < 4.78 is 6.58. The minimum absolute atomic E-state index is 0.229. The molecule has 3 aliphatic rings. The van der Waals surface area contributed by atoms with E-state index in [0.717, 1.165) is 4.47 Å². The average molecular weight is 369 g/mol. The fourth-order valence-corrected chi connectivity index (χ4v) is 4.31. The van der Waals surface area contributed by atoms with E-state index < -0.39 is 17.4 Å². The lowest BCUT2D eigenvalue weighted by Gasteiger charge is -2.24. The van der Waals surface area contributed by atoms with Gasteiger partial charge in [0.15, 0.2) is 0 Å². The molecular formula is C15H11BrClNO3. The first-order valence-corrected chi connectivity index (χ1v) is 7.79. The predicted molar refractivity (Wildman–Crippen MR) is 81.0 cm³/mol. The highest BCUT2D eigenvalue weighted by molar-refractivity contribution is 9.10. The molecule has 0 spiro atoms. The molecule has 4 rings (SSSR count). The molecule has 0 aliphatic carbocycles. The standard InChI is InChI=1S/C15H11BrClNO3/c1-15-5-4-10(21-15)11-12(15)14(20)18(13(11)19)9-3-2-7(16)6-8(9)17/h2-6,10-12H,1H3/t10-,11+,12+,15+/m1/s1. The lowest BCUT2D eigenvalue weighted by Crippen LogP contribution is -2.38. The normalized spacial score (nSPS) is 36.7. The lowest BCUT2D eigenvalue weighted by atomic mass is 9.78. The van der Waals surface area contributed by atoms with Crippen molar-refractivity contribution in [3.63, 3.8) is 0 Å². The van der Waals surface area contributed by atoms with Gasteiger partial charge in [0, 0.05) is 4.47 Å². The number of benzene rings is 1. The highest BCUT2D eigenvalue weighted by Gasteiger charge is 2.66. The summed E-state index contributed by atoms with van der Waals surface area (Å²) in [6.07, 6.45) is 3.45. The fraction of sp³-hybridized carbons (Fsp3) is 0.333.